The summed E-state index contributed by atoms with van der Waals surface area (Å²) in [5, 5.41) is 0. The average Bonchev–Trinajstić information content (AvgIpc) is 1.98. The Morgan fingerprint density at radius 1 is 1.07 bits per heavy atom. The number of hydrogen-bond donors (Lipinski definition) is 0. The molecule has 0 rings (SSSR count). The monoisotopic (exact) mass is 274 g/mol. The molecule has 0 N–H and O–H groups in total. The van der Waals surface area contributed by atoms with Crippen LogP contribution in [0.15, 0.2) is 0 Å². The second-order valence-corrected chi connectivity index (χ2v) is 9.25. The predicted octanol–water partition coefficient (Wildman–Crippen LogP) is 5.59. The molecule has 0 aliphatic rings. The van der Waals surface area contributed by atoms with Crippen LogP contribution in [0.5, 0.6) is 0 Å². The Morgan fingerprint density at radius 3 is 2.07 bits per heavy atom. The first-order chi connectivity index (χ1) is 6.71. The van der Waals surface area contributed by atoms with Crippen LogP contribution in [0.1, 0.15) is 52.9 Å². The van der Waals surface area contributed by atoms with Gasteiger partial charge in [0.2, 0.25) is 0 Å². The second-order valence-electron chi connectivity index (χ2n) is 4.97. The highest BCUT2D eigenvalue weighted by atomic mass is 35.9. The maximum absolute atomic E-state index is 10.7. The van der Waals surface area contributed by atoms with E-state index in [0.717, 1.165) is 12.8 Å². The highest BCUT2D eigenvalue weighted by Gasteiger charge is 2.13. The Morgan fingerprint density at radius 2 is 1.60 bits per heavy atom. The smallest absolute Gasteiger partial charge is 0.306 e. The first kappa shape index (κ1) is 15.8. The minimum absolute atomic E-state index is 0.389. The van der Waals surface area contributed by atoms with Gasteiger partial charge in [0.05, 0.1) is 6.61 Å². The van der Waals surface area contributed by atoms with Crippen molar-refractivity contribution < 1.29 is 9.09 Å². The van der Waals surface area contributed by atoms with Crippen molar-refractivity contribution in [1.82, 2.24) is 0 Å². The largest absolute Gasteiger partial charge is 0.380 e. The molecule has 0 fully saturated rings. The Hall–Kier alpha value is 0.770. The summed E-state index contributed by atoms with van der Waals surface area (Å²) in [4.78, 5) is 0. The molecule has 0 aliphatic carbocycles. The lowest BCUT2D eigenvalue weighted by molar-refractivity contribution is 0.313. The zero-order valence-electron chi connectivity index (χ0n) is 9.76. The summed E-state index contributed by atoms with van der Waals surface area (Å²) in [6, 6.07) is 0. The van der Waals surface area contributed by atoms with Crippen LogP contribution >= 0.6 is 28.6 Å². The topological polar surface area (TPSA) is 26.3 Å². The van der Waals surface area contributed by atoms with Crippen LogP contribution in [0.25, 0.3) is 0 Å². The summed E-state index contributed by atoms with van der Waals surface area (Å²) in [5.74, 6) is 0. The first-order valence-corrected chi connectivity index (χ1v) is 8.78. The number of rotatable bonds is 7. The second kappa shape index (κ2) is 7.17. The molecule has 15 heavy (non-hydrogen) atoms. The molecule has 0 aliphatic heterocycles. The molecular formula is C10H21Cl2O2P. The summed E-state index contributed by atoms with van der Waals surface area (Å²) in [7, 11) is 0. The summed E-state index contributed by atoms with van der Waals surface area (Å²) < 4.78 is 15.5. The normalized spacial score (nSPS) is 13.1. The van der Waals surface area contributed by atoms with E-state index in [9.17, 15) is 4.57 Å². The molecular weight excluding hydrogens is 254 g/mol. The number of hydrogen-bond acceptors (Lipinski definition) is 2. The molecule has 0 unspecified atom stereocenters. The molecule has 0 amide bonds. The molecule has 0 bridgehead atoms. The Balaban J connectivity index is 3.23. The van der Waals surface area contributed by atoms with E-state index >= 15 is 0 Å². The van der Waals surface area contributed by atoms with Crippen molar-refractivity contribution in [1.29, 1.82) is 0 Å². The first-order valence-electron chi connectivity index (χ1n) is 5.35. The van der Waals surface area contributed by atoms with Crippen LogP contribution in [0, 0.1) is 5.41 Å². The van der Waals surface area contributed by atoms with Crippen molar-refractivity contribution in [2.24, 2.45) is 5.41 Å². The fourth-order valence-corrected chi connectivity index (χ4v) is 2.04. The van der Waals surface area contributed by atoms with Crippen LogP contribution in [-0.4, -0.2) is 6.61 Å². The SMILES string of the molecule is CC(C)(C)CCCCCCOP(=O)(Cl)Cl. The average molecular weight is 275 g/mol. The molecule has 0 atom stereocenters. The maximum atomic E-state index is 10.7. The highest BCUT2D eigenvalue weighted by molar-refractivity contribution is 8.05. The minimum atomic E-state index is -3.30. The van der Waals surface area contributed by atoms with Gasteiger partial charge in [-0.05, 0) is 40.7 Å². The molecule has 2 nitrogen and oxygen atoms in total. The van der Waals surface area contributed by atoms with Crippen molar-refractivity contribution in [3.63, 3.8) is 0 Å². The number of unbranched alkanes of at least 4 members (excludes halogenated alkanes) is 3. The lowest BCUT2D eigenvalue weighted by atomic mass is 9.89. The standard InChI is InChI=1S/C10H21Cl2O2P/c1-10(2,3)8-6-4-5-7-9-14-15(11,12)13/h4-9H2,1-3H3. The van der Waals surface area contributed by atoms with Gasteiger partial charge in [0.25, 0.3) is 0 Å². The molecule has 0 aromatic rings. The van der Waals surface area contributed by atoms with Gasteiger partial charge in [-0.25, -0.2) is 0 Å². The van der Waals surface area contributed by atoms with Gasteiger partial charge in [-0.2, -0.15) is 0 Å². The molecule has 92 valence electrons. The van der Waals surface area contributed by atoms with Crippen molar-refractivity contribution >= 4 is 28.6 Å². The van der Waals surface area contributed by atoms with Crippen LogP contribution in [0.3, 0.4) is 0 Å². The van der Waals surface area contributed by atoms with Crippen molar-refractivity contribution in [3.8, 4) is 0 Å². The van der Waals surface area contributed by atoms with Crippen molar-refractivity contribution in [2.75, 3.05) is 6.61 Å². The van der Waals surface area contributed by atoms with E-state index in [1.54, 1.807) is 0 Å². The molecule has 5 heteroatoms. The summed E-state index contributed by atoms with van der Waals surface area (Å²) >= 11 is 10.5. The van der Waals surface area contributed by atoms with E-state index in [1.165, 1.54) is 19.3 Å². The molecule has 0 saturated heterocycles. The minimum Gasteiger partial charge on any atom is -0.306 e. The summed E-state index contributed by atoms with van der Waals surface area (Å²) in [6.45, 7) is 7.12. The molecule has 0 aromatic carbocycles. The van der Waals surface area contributed by atoms with Gasteiger partial charge in [-0.15, -0.1) is 0 Å². The van der Waals surface area contributed by atoms with Gasteiger partial charge in [0, 0.05) is 0 Å². The molecule has 0 saturated carbocycles. The third kappa shape index (κ3) is 14.8. The molecule has 0 aromatic heterocycles. The van der Waals surface area contributed by atoms with Gasteiger partial charge in [0.15, 0.2) is 0 Å². The van der Waals surface area contributed by atoms with Crippen LogP contribution in [0.4, 0.5) is 0 Å². The summed E-state index contributed by atoms with van der Waals surface area (Å²) in [6.07, 6.45) is 2.27. The van der Waals surface area contributed by atoms with Crippen LogP contribution in [-0.2, 0) is 9.09 Å². The zero-order valence-corrected chi connectivity index (χ0v) is 12.2. The van der Waals surface area contributed by atoms with E-state index in [-0.39, 0.29) is 0 Å². The van der Waals surface area contributed by atoms with Gasteiger partial charge in [-0.1, -0.05) is 40.0 Å². The summed E-state index contributed by atoms with van der Waals surface area (Å²) in [5.41, 5.74) is 0.415. The molecule has 0 radical (unpaired) electrons. The number of halogens is 2. The highest BCUT2D eigenvalue weighted by Crippen LogP contribution is 2.57. The van der Waals surface area contributed by atoms with Gasteiger partial charge in [-0.3, -0.25) is 4.57 Å². The van der Waals surface area contributed by atoms with Gasteiger partial charge >= 0.3 is 6.07 Å². The predicted molar refractivity (Wildman–Crippen MR) is 67.8 cm³/mol. The molecule has 0 spiro atoms. The lowest BCUT2D eigenvalue weighted by Gasteiger charge is -2.17. The molecule has 0 heterocycles. The van der Waals surface area contributed by atoms with E-state index < -0.39 is 6.07 Å². The van der Waals surface area contributed by atoms with E-state index in [1.807, 2.05) is 0 Å². The van der Waals surface area contributed by atoms with Gasteiger partial charge < -0.3 is 4.52 Å². The van der Waals surface area contributed by atoms with Crippen molar-refractivity contribution in [3.05, 3.63) is 0 Å². The Labute approximate surface area is 103 Å². The zero-order chi connectivity index (χ0) is 11.9. The van der Waals surface area contributed by atoms with E-state index in [4.69, 9.17) is 27.0 Å². The fraction of sp³-hybridized carbons (Fsp3) is 1.00. The Kier molecular flexibility index (Phi) is 7.53. The van der Waals surface area contributed by atoms with Crippen LogP contribution in [0.2, 0.25) is 0 Å². The van der Waals surface area contributed by atoms with Crippen LogP contribution < -0.4 is 0 Å². The Bertz CT molecular complexity index is 208. The quantitative estimate of drug-likeness (QED) is 0.447. The third-order valence-corrected chi connectivity index (χ3v) is 3.13. The fourth-order valence-electron chi connectivity index (χ4n) is 1.28. The van der Waals surface area contributed by atoms with Crippen molar-refractivity contribution in [2.45, 2.75) is 52.9 Å². The van der Waals surface area contributed by atoms with Gasteiger partial charge in [0.1, 0.15) is 0 Å². The maximum Gasteiger partial charge on any atom is 0.380 e. The third-order valence-electron chi connectivity index (χ3n) is 2.06. The van der Waals surface area contributed by atoms with E-state index in [2.05, 4.69) is 20.8 Å². The lowest BCUT2D eigenvalue weighted by Crippen LogP contribution is -2.03. The van der Waals surface area contributed by atoms with E-state index in [0.29, 0.717) is 12.0 Å².